The SMILES string of the molecule is CC(=O)Nc1cccc(NS(=O)(=O)c2ccc(F)cc2)c1. The highest BCUT2D eigenvalue weighted by Crippen LogP contribution is 2.19. The number of benzene rings is 2. The van der Waals surface area contributed by atoms with Gasteiger partial charge in [-0.25, -0.2) is 12.8 Å². The first-order valence-corrected chi connectivity index (χ1v) is 7.51. The van der Waals surface area contributed by atoms with E-state index in [0.717, 1.165) is 12.1 Å². The van der Waals surface area contributed by atoms with Gasteiger partial charge in [-0.1, -0.05) is 6.07 Å². The van der Waals surface area contributed by atoms with E-state index in [0.29, 0.717) is 11.4 Å². The second-order valence-electron chi connectivity index (χ2n) is 4.32. The van der Waals surface area contributed by atoms with E-state index in [9.17, 15) is 17.6 Å². The van der Waals surface area contributed by atoms with Crippen LogP contribution in [0.1, 0.15) is 6.92 Å². The maximum absolute atomic E-state index is 12.8. The molecule has 0 fully saturated rings. The van der Waals surface area contributed by atoms with Crippen molar-refractivity contribution < 1.29 is 17.6 Å². The lowest BCUT2D eigenvalue weighted by Gasteiger charge is -2.09. The van der Waals surface area contributed by atoms with Gasteiger partial charge in [-0.05, 0) is 42.5 Å². The zero-order valence-corrected chi connectivity index (χ0v) is 11.9. The van der Waals surface area contributed by atoms with Crippen molar-refractivity contribution in [2.45, 2.75) is 11.8 Å². The number of sulfonamides is 1. The molecule has 2 aromatic carbocycles. The van der Waals surface area contributed by atoms with Gasteiger partial charge in [-0.2, -0.15) is 0 Å². The Kier molecular flexibility index (Phi) is 4.23. The molecule has 0 radical (unpaired) electrons. The van der Waals surface area contributed by atoms with Crippen LogP contribution < -0.4 is 10.0 Å². The monoisotopic (exact) mass is 308 g/mol. The fourth-order valence-corrected chi connectivity index (χ4v) is 2.74. The first kappa shape index (κ1) is 15.0. The summed E-state index contributed by atoms with van der Waals surface area (Å²) >= 11 is 0. The van der Waals surface area contributed by atoms with Crippen molar-refractivity contribution in [3.8, 4) is 0 Å². The number of hydrogen-bond acceptors (Lipinski definition) is 3. The van der Waals surface area contributed by atoms with Crippen LogP contribution in [0.3, 0.4) is 0 Å². The molecule has 2 N–H and O–H groups in total. The van der Waals surface area contributed by atoms with Gasteiger partial charge in [0.05, 0.1) is 10.6 Å². The third-order valence-corrected chi connectivity index (χ3v) is 3.96. The molecule has 0 saturated heterocycles. The van der Waals surface area contributed by atoms with Gasteiger partial charge in [-0.15, -0.1) is 0 Å². The van der Waals surface area contributed by atoms with Crippen molar-refractivity contribution in [3.05, 3.63) is 54.3 Å². The highest BCUT2D eigenvalue weighted by atomic mass is 32.2. The van der Waals surface area contributed by atoms with Gasteiger partial charge < -0.3 is 5.32 Å². The first-order valence-electron chi connectivity index (χ1n) is 6.03. The van der Waals surface area contributed by atoms with Gasteiger partial charge in [0.25, 0.3) is 10.0 Å². The van der Waals surface area contributed by atoms with E-state index >= 15 is 0 Å². The number of carbonyl (C=O) groups is 1. The Morgan fingerprint density at radius 1 is 1.05 bits per heavy atom. The molecule has 0 spiro atoms. The lowest BCUT2D eigenvalue weighted by Crippen LogP contribution is -2.13. The molecule has 0 aromatic heterocycles. The molecular formula is C14H13FN2O3S. The number of carbonyl (C=O) groups excluding carboxylic acids is 1. The Balaban J connectivity index is 2.24. The molecule has 1 amide bonds. The minimum atomic E-state index is -3.80. The Bertz CT molecular complexity index is 758. The molecule has 0 aliphatic rings. The third-order valence-electron chi connectivity index (χ3n) is 2.56. The topological polar surface area (TPSA) is 75.3 Å². The van der Waals surface area contributed by atoms with Crippen LogP contribution in [0.5, 0.6) is 0 Å². The quantitative estimate of drug-likeness (QED) is 0.911. The minimum absolute atomic E-state index is 0.0474. The van der Waals surface area contributed by atoms with Crippen LogP contribution >= 0.6 is 0 Å². The van der Waals surface area contributed by atoms with E-state index in [1.165, 1.54) is 25.1 Å². The first-order chi connectivity index (χ1) is 9.87. The molecule has 0 aliphatic heterocycles. The van der Waals surface area contributed by atoms with E-state index in [-0.39, 0.29) is 10.8 Å². The van der Waals surface area contributed by atoms with Crippen LogP contribution in [0, 0.1) is 5.82 Å². The van der Waals surface area contributed by atoms with E-state index in [1.807, 2.05) is 0 Å². The molecule has 0 heterocycles. The summed E-state index contributed by atoms with van der Waals surface area (Å²) in [5, 5.41) is 2.55. The number of amides is 1. The maximum Gasteiger partial charge on any atom is 0.261 e. The predicted octanol–water partition coefficient (Wildman–Crippen LogP) is 2.58. The summed E-state index contributed by atoms with van der Waals surface area (Å²) in [5.74, 6) is -0.768. The number of hydrogen-bond donors (Lipinski definition) is 2. The molecule has 0 aliphatic carbocycles. The van der Waals surface area contributed by atoms with Crippen LogP contribution in [0.2, 0.25) is 0 Å². The zero-order valence-electron chi connectivity index (χ0n) is 11.1. The molecule has 0 saturated carbocycles. The maximum atomic E-state index is 12.8. The molecule has 7 heteroatoms. The Hall–Kier alpha value is -2.41. The second kappa shape index (κ2) is 5.92. The standard InChI is InChI=1S/C14H13FN2O3S/c1-10(18)16-12-3-2-4-13(9-12)17-21(19,20)14-7-5-11(15)6-8-14/h2-9,17H,1H3,(H,16,18). The molecular weight excluding hydrogens is 295 g/mol. The van der Waals surface area contributed by atoms with Crippen LogP contribution in [0.25, 0.3) is 0 Å². The molecule has 0 bridgehead atoms. The van der Waals surface area contributed by atoms with Crippen molar-refractivity contribution >= 4 is 27.3 Å². The molecule has 0 unspecified atom stereocenters. The summed E-state index contributed by atoms with van der Waals surface area (Å²) in [6, 6.07) is 10.8. The number of rotatable bonds is 4. The fraction of sp³-hybridized carbons (Fsp3) is 0.0714. The summed E-state index contributed by atoms with van der Waals surface area (Å²) in [5.41, 5.74) is 0.771. The van der Waals surface area contributed by atoms with Crippen molar-refractivity contribution in [2.75, 3.05) is 10.0 Å². The summed E-state index contributed by atoms with van der Waals surface area (Å²) < 4.78 is 39.4. The van der Waals surface area contributed by atoms with Crippen molar-refractivity contribution in [2.24, 2.45) is 0 Å². The summed E-state index contributed by atoms with van der Waals surface area (Å²) in [6.45, 7) is 1.36. The highest BCUT2D eigenvalue weighted by Gasteiger charge is 2.14. The molecule has 2 aromatic rings. The van der Waals surface area contributed by atoms with Crippen LogP contribution in [-0.4, -0.2) is 14.3 Å². The lowest BCUT2D eigenvalue weighted by molar-refractivity contribution is -0.114. The largest absolute Gasteiger partial charge is 0.326 e. The Labute approximate surface area is 121 Å². The van der Waals surface area contributed by atoms with Crippen LogP contribution in [0.15, 0.2) is 53.4 Å². The van der Waals surface area contributed by atoms with Gasteiger partial charge in [0.1, 0.15) is 5.82 Å². The van der Waals surface area contributed by atoms with Crippen LogP contribution in [-0.2, 0) is 14.8 Å². The summed E-state index contributed by atoms with van der Waals surface area (Å²) in [6.07, 6.45) is 0. The summed E-state index contributed by atoms with van der Waals surface area (Å²) in [4.78, 5) is 10.9. The average Bonchev–Trinajstić information content (AvgIpc) is 2.38. The Morgan fingerprint density at radius 3 is 2.29 bits per heavy atom. The van der Waals surface area contributed by atoms with Crippen molar-refractivity contribution in [1.29, 1.82) is 0 Å². The summed E-state index contributed by atoms with van der Waals surface area (Å²) in [7, 11) is -3.80. The van der Waals surface area contributed by atoms with E-state index in [4.69, 9.17) is 0 Å². The molecule has 5 nitrogen and oxygen atoms in total. The average molecular weight is 308 g/mol. The number of anilines is 2. The van der Waals surface area contributed by atoms with Crippen molar-refractivity contribution in [1.82, 2.24) is 0 Å². The van der Waals surface area contributed by atoms with Gasteiger partial charge in [0, 0.05) is 12.6 Å². The van der Waals surface area contributed by atoms with Crippen molar-refractivity contribution in [3.63, 3.8) is 0 Å². The molecule has 2 rings (SSSR count). The lowest BCUT2D eigenvalue weighted by atomic mass is 10.3. The Morgan fingerprint density at radius 2 is 1.67 bits per heavy atom. The van der Waals surface area contributed by atoms with Gasteiger partial charge in [0.15, 0.2) is 0 Å². The van der Waals surface area contributed by atoms with Crippen LogP contribution in [0.4, 0.5) is 15.8 Å². The smallest absolute Gasteiger partial charge is 0.261 e. The second-order valence-corrected chi connectivity index (χ2v) is 6.00. The van der Waals surface area contributed by atoms with E-state index in [1.54, 1.807) is 18.2 Å². The molecule has 0 atom stereocenters. The highest BCUT2D eigenvalue weighted by molar-refractivity contribution is 7.92. The minimum Gasteiger partial charge on any atom is -0.326 e. The predicted molar refractivity (Wildman–Crippen MR) is 78.0 cm³/mol. The number of nitrogens with one attached hydrogen (secondary N) is 2. The molecule has 110 valence electrons. The van der Waals surface area contributed by atoms with E-state index < -0.39 is 15.8 Å². The van der Waals surface area contributed by atoms with Gasteiger partial charge >= 0.3 is 0 Å². The zero-order chi connectivity index (χ0) is 15.5. The molecule has 21 heavy (non-hydrogen) atoms. The van der Waals surface area contributed by atoms with Gasteiger partial charge in [-0.3, -0.25) is 9.52 Å². The number of halogens is 1. The van der Waals surface area contributed by atoms with Gasteiger partial charge in [0.2, 0.25) is 5.91 Å². The van der Waals surface area contributed by atoms with E-state index in [2.05, 4.69) is 10.0 Å². The fourth-order valence-electron chi connectivity index (χ4n) is 1.69. The third kappa shape index (κ3) is 4.03. The normalized spacial score (nSPS) is 11.0.